The van der Waals surface area contributed by atoms with E-state index in [1.807, 2.05) is 72.8 Å². The van der Waals surface area contributed by atoms with Gasteiger partial charge >= 0.3 is 0 Å². The minimum absolute atomic E-state index is 0.515. The van der Waals surface area contributed by atoms with Crippen LogP contribution in [0.15, 0.2) is 121 Å². The third kappa shape index (κ3) is 5.39. The summed E-state index contributed by atoms with van der Waals surface area (Å²) < 4.78 is 11.5. The van der Waals surface area contributed by atoms with Gasteiger partial charge in [0, 0.05) is 0 Å². The van der Waals surface area contributed by atoms with Gasteiger partial charge in [-0.2, -0.15) is 0 Å². The van der Waals surface area contributed by atoms with E-state index in [0.29, 0.717) is 13.2 Å². The highest BCUT2D eigenvalue weighted by molar-refractivity contribution is 5.64. The highest BCUT2D eigenvalue weighted by Crippen LogP contribution is 2.23. The van der Waals surface area contributed by atoms with Crippen LogP contribution in [-0.2, 0) is 0 Å². The van der Waals surface area contributed by atoms with Crippen LogP contribution in [0.3, 0.4) is 0 Å². The molecule has 4 rings (SSSR count). The molecule has 0 N–H and O–H groups in total. The summed E-state index contributed by atoms with van der Waals surface area (Å²) in [4.78, 5) is 0. The second kappa shape index (κ2) is 10.1. The van der Waals surface area contributed by atoms with Crippen LogP contribution in [0.4, 0.5) is 0 Å². The van der Waals surface area contributed by atoms with E-state index in [0.717, 1.165) is 11.5 Å². The first kappa shape index (κ1) is 19.5. The Morgan fingerprint density at radius 1 is 0.400 bits per heavy atom. The van der Waals surface area contributed by atoms with E-state index in [-0.39, 0.29) is 0 Å². The molecular weight excluding hydrogens is 368 g/mol. The first-order chi connectivity index (χ1) is 14.9. The van der Waals surface area contributed by atoms with Gasteiger partial charge < -0.3 is 9.47 Å². The smallest absolute Gasteiger partial charge is 0.119 e. The summed E-state index contributed by atoms with van der Waals surface area (Å²) in [6.07, 6.45) is 3.95. The van der Waals surface area contributed by atoms with Crippen molar-refractivity contribution >= 4 is 0 Å². The number of ether oxygens (including phenoxy) is 2. The fourth-order valence-corrected chi connectivity index (χ4v) is 3.17. The normalized spacial score (nSPS) is 10.8. The number of benzene rings is 4. The molecule has 0 aliphatic carbocycles. The van der Waals surface area contributed by atoms with E-state index in [2.05, 4.69) is 48.5 Å². The van der Waals surface area contributed by atoms with Crippen LogP contribution >= 0.6 is 0 Å². The molecule has 0 aliphatic heterocycles. The highest BCUT2D eigenvalue weighted by Gasteiger charge is 1.98. The van der Waals surface area contributed by atoms with Gasteiger partial charge in [-0.15, -0.1) is 0 Å². The molecule has 2 nitrogen and oxygen atoms in total. The predicted octanol–water partition coefficient (Wildman–Crippen LogP) is 7.03. The van der Waals surface area contributed by atoms with Gasteiger partial charge in [0.15, 0.2) is 0 Å². The zero-order chi connectivity index (χ0) is 20.4. The molecule has 4 aromatic rings. The van der Waals surface area contributed by atoms with Crippen molar-refractivity contribution in [2.75, 3.05) is 13.2 Å². The van der Waals surface area contributed by atoms with Crippen LogP contribution in [0.1, 0.15) is 0 Å². The van der Waals surface area contributed by atoms with Gasteiger partial charge in [-0.1, -0.05) is 84.9 Å². The SMILES string of the molecule is C(=C\COc1ccc(-c2ccccc2)cc1)/COc1ccc(-c2ccccc2)cc1. The summed E-state index contributed by atoms with van der Waals surface area (Å²) in [5.74, 6) is 1.72. The fourth-order valence-electron chi connectivity index (χ4n) is 3.17. The van der Waals surface area contributed by atoms with Crippen molar-refractivity contribution < 1.29 is 9.47 Å². The lowest BCUT2D eigenvalue weighted by molar-refractivity contribution is 0.350. The molecule has 2 heteroatoms. The monoisotopic (exact) mass is 392 g/mol. The van der Waals surface area contributed by atoms with Gasteiger partial charge in [0.1, 0.15) is 24.7 Å². The van der Waals surface area contributed by atoms with E-state index in [4.69, 9.17) is 9.47 Å². The zero-order valence-corrected chi connectivity index (χ0v) is 16.8. The molecule has 0 spiro atoms. The summed E-state index contributed by atoms with van der Waals surface area (Å²) in [5.41, 5.74) is 4.78. The summed E-state index contributed by atoms with van der Waals surface area (Å²) in [6, 6.07) is 37.0. The van der Waals surface area contributed by atoms with Gasteiger partial charge in [0.2, 0.25) is 0 Å². The molecule has 0 atom stereocenters. The molecule has 0 saturated heterocycles. The van der Waals surface area contributed by atoms with Gasteiger partial charge in [0.05, 0.1) is 0 Å². The average Bonchev–Trinajstić information content (AvgIpc) is 2.83. The van der Waals surface area contributed by atoms with Crippen LogP contribution in [-0.4, -0.2) is 13.2 Å². The average molecular weight is 392 g/mol. The Morgan fingerprint density at radius 2 is 0.733 bits per heavy atom. The van der Waals surface area contributed by atoms with Gasteiger partial charge in [-0.05, 0) is 58.7 Å². The lowest BCUT2D eigenvalue weighted by Gasteiger charge is -2.06. The Bertz CT molecular complexity index is 962. The van der Waals surface area contributed by atoms with Crippen LogP contribution < -0.4 is 9.47 Å². The van der Waals surface area contributed by atoms with Gasteiger partial charge in [-0.25, -0.2) is 0 Å². The first-order valence-electron chi connectivity index (χ1n) is 10.1. The van der Waals surface area contributed by atoms with Crippen molar-refractivity contribution in [2.24, 2.45) is 0 Å². The van der Waals surface area contributed by atoms with Gasteiger partial charge in [-0.3, -0.25) is 0 Å². The van der Waals surface area contributed by atoms with Crippen molar-refractivity contribution in [3.63, 3.8) is 0 Å². The lowest BCUT2D eigenvalue weighted by Crippen LogP contribution is -1.96. The van der Waals surface area contributed by atoms with Crippen LogP contribution in [0.2, 0.25) is 0 Å². The molecule has 4 aromatic carbocycles. The van der Waals surface area contributed by atoms with E-state index in [1.165, 1.54) is 22.3 Å². The maximum absolute atomic E-state index is 5.77. The molecule has 0 bridgehead atoms. The molecule has 0 heterocycles. The second-order valence-corrected chi connectivity index (χ2v) is 6.87. The van der Waals surface area contributed by atoms with E-state index < -0.39 is 0 Å². The van der Waals surface area contributed by atoms with E-state index in [9.17, 15) is 0 Å². The standard InChI is InChI=1S/C28H24O2/c1-3-9-23(10-4-1)25-13-17-27(18-14-25)29-21-7-8-22-30-28-19-15-26(16-20-28)24-11-5-2-6-12-24/h1-20H,21-22H2/b8-7+. The van der Waals surface area contributed by atoms with E-state index in [1.54, 1.807) is 0 Å². The molecular formula is C28H24O2. The Balaban J connectivity index is 1.20. The molecule has 0 saturated carbocycles. The number of rotatable bonds is 8. The van der Waals surface area contributed by atoms with Crippen LogP contribution in [0.5, 0.6) is 11.5 Å². The minimum Gasteiger partial charge on any atom is -0.490 e. The number of hydrogen-bond acceptors (Lipinski definition) is 2. The fraction of sp³-hybridized carbons (Fsp3) is 0.0714. The highest BCUT2D eigenvalue weighted by atomic mass is 16.5. The Hall–Kier alpha value is -3.78. The van der Waals surface area contributed by atoms with Crippen molar-refractivity contribution in [3.8, 4) is 33.8 Å². The molecule has 0 unspecified atom stereocenters. The maximum Gasteiger partial charge on any atom is 0.119 e. The third-order valence-corrected chi connectivity index (χ3v) is 4.78. The van der Waals surface area contributed by atoms with Crippen LogP contribution in [0.25, 0.3) is 22.3 Å². The Morgan fingerprint density at radius 3 is 1.10 bits per heavy atom. The molecule has 0 radical (unpaired) electrons. The molecule has 148 valence electrons. The molecule has 0 aliphatic rings. The topological polar surface area (TPSA) is 18.5 Å². The van der Waals surface area contributed by atoms with Crippen molar-refractivity contribution in [3.05, 3.63) is 121 Å². The zero-order valence-electron chi connectivity index (χ0n) is 16.8. The molecule has 0 fully saturated rings. The summed E-state index contributed by atoms with van der Waals surface area (Å²) in [7, 11) is 0. The number of hydrogen-bond donors (Lipinski definition) is 0. The van der Waals surface area contributed by atoms with E-state index >= 15 is 0 Å². The second-order valence-electron chi connectivity index (χ2n) is 6.87. The maximum atomic E-state index is 5.77. The predicted molar refractivity (Wildman–Crippen MR) is 124 cm³/mol. The minimum atomic E-state index is 0.515. The van der Waals surface area contributed by atoms with Crippen LogP contribution in [0, 0.1) is 0 Å². The first-order valence-corrected chi connectivity index (χ1v) is 10.1. The van der Waals surface area contributed by atoms with Gasteiger partial charge in [0.25, 0.3) is 0 Å². The van der Waals surface area contributed by atoms with Crippen molar-refractivity contribution in [2.45, 2.75) is 0 Å². The molecule has 30 heavy (non-hydrogen) atoms. The summed E-state index contributed by atoms with van der Waals surface area (Å²) in [5, 5.41) is 0. The molecule has 0 aromatic heterocycles. The summed E-state index contributed by atoms with van der Waals surface area (Å²) in [6.45, 7) is 1.03. The quantitative estimate of drug-likeness (QED) is 0.300. The van der Waals surface area contributed by atoms with Crippen molar-refractivity contribution in [1.29, 1.82) is 0 Å². The molecule has 0 amide bonds. The lowest BCUT2D eigenvalue weighted by atomic mass is 10.1. The summed E-state index contributed by atoms with van der Waals surface area (Å²) >= 11 is 0. The Labute approximate surface area is 178 Å². The van der Waals surface area contributed by atoms with Crippen molar-refractivity contribution in [1.82, 2.24) is 0 Å². The third-order valence-electron chi connectivity index (χ3n) is 4.78. The largest absolute Gasteiger partial charge is 0.490 e. The Kier molecular flexibility index (Phi) is 6.59.